The summed E-state index contributed by atoms with van der Waals surface area (Å²) in [6, 6.07) is 3.39. The first-order valence-electron chi connectivity index (χ1n) is 5.38. The Morgan fingerprint density at radius 1 is 1.61 bits per heavy atom. The van der Waals surface area contributed by atoms with Gasteiger partial charge in [-0.2, -0.15) is 0 Å². The smallest absolute Gasteiger partial charge is 0.295 e. The Balaban J connectivity index is 2.90. The summed E-state index contributed by atoms with van der Waals surface area (Å²) < 4.78 is 13.4. The maximum absolute atomic E-state index is 13.4. The maximum atomic E-state index is 13.4. The van der Waals surface area contributed by atoms with Crippen molar-refractivity contribution in [2.75, 3.05) is 11.9 Å². The lowest BCUT2D eigenvalue weighted by Crippen LogP contribution is -2.21. The van der Waals surface area contributed by atoms with Crippen LogP contribution in [0.1, 0.15) is 13.3 Å². The fourth-order valence-corrected chi connectivity index (χ4v) is 1.38. The first-order chi connectivity index (χ1) is 8.45. The molecule has 0 heterocycles. The summed E-state index contributed by atoms with van der Waals surface area (Å²) >= 11 is 0. The summed E-state index contributed by atoms with van der Waals surface area (Å²) in [6.07, 6.45) is 0.0853. The van der Waals surface area contributed by atoms with Gasteiger partial charge in [-0.25, -0.2) is 4.39 Å². The van der Waals surface area contributed by atoms with Gasteiger partial charge in [-0.3, -0.25) is 14.9 Å². The number of hydrogen-bond donors (Lipinski definition) is 2. The molecule has 0 spiro atoms. The molecule has 1 aromatic carbocycles. The summed E-state index contributed by atoms with van der Waals surface area (Å²) in [5, 5.41) is 12.9. The SMILES string of the molecule is CC(CN)CC(=O)Nc1c(F)cccc1[N+](=O)[O-]. The van der Waals surface area contributed by atoms with Gasteiger partial charge in [0.2, 0.25) is 5.91 Å². The van der Waals surface area contributed by atoms with Crippen molar-refractivity contribution in [3.05, 3.63) is 34.1 Å². The molecule has 1 rings (SSSR count). The van der Waals surface area contributed by atoms with Crippen LogP contribution in [0.4, 0.5) is 15.8 Å². The first-order valence-corrected chi connectivity index (χ1v) is 5.38. The van der Waals surface area contributed by atoms with Crippen LogP contribution in [0.25, 0.3) is 0 Å². The Hall–Kier alpha value is -2.02. The number of rotatable bonds is 5. The maximum Gasteiger partial charge on any atom is 0.295 e. The van der Waals surface area contributed by atoms with E-state index in [1.807, 2.05) is 0 Å². The number of para-hydroxylation sites is 1. The zero-order chi connectivity index (χ0) is 13.7. The molecule has 0 bridgehead atoms. The van der Waals surface area contributed by atoms with Crippen LogP contribution in [0.5, 0.6) is 0 Å². The molecule has 18 heavy (non-hydrogen) atoms. The number of anilines is 1. The van der Waals surface area contributed by atoms with E-state index in [9.17, 15) is 19.3 Å². The predicted molar refractivity (Wildman–Crippen MR) is 64.5 cm³/mol. The van der Waals surface area contributed by atoms with Crippen LogP contribution in [-0.4, -0.2) is 17.4 Å². The molecule has 7 heteroatoms. The molecule has 1 aromatic rings. The number of benzene rings is 1. The van der Waals surface area contributed by atoms with Crippen molar-refractivity contribution >= 4 is 17.3 Å². The highest BCUT2D eigenvalue weighted by Crippen LogP contribution is 2.27. The van der Waals surface area contributed by atoms with Crippen molar-refractivity contribution in [3.63, 3.8) is 0 Å². The lowest BCUT2D eigenvalue weighted by atomic mass is 10.1. The van der Waals surface area contributed by atoms with Gasteiger partial charge in [-0.15, -0.1) is 0 Å². The molecule has 1 unspecified atom stereocenters. The average Bonchev–Trinajstić information content (AvgIpc) is 2.31. The Bertz CT molecular complexity index is 465. The molecule has 0 saturated carbocycles. The van der Waals surface area contributed by atoms with E-state index in [2.05, 4.69) is 5.32 Å². The minimum atomic E-state index is -0.835. The number of nitro benzene ring substituents is 1. The largest absolute Gasteiger partial charge is 0.330 e. The summed E-state index contributed by atoms with van der Waals surface area (Å²) in [5.41, 5.74) is 4.48. The van der Waals surface area contributed by atoms with Crippen molar-refractivity contribution in [2.24, 2.45) is 11.7 Å². The number of nitro groups is 1. The lowest BCUT2D eigenvalue weighted by molar-refractivity contribution is -0.384. The highest BCUT2D eigenvalue weighted by molar-refractivity contribution is 5.93. The van der Waals surface area contributed by atoms with E-state index < -0.39 is 28.0 Å². The van der Waals surface area contributed by atoms with Crippen LogP contribution < -0.4 is 11.1 Å². The molecular weight excluding hydrogens is 241 g/mol. The zero-order valence-corrected chi connectivity index (χ0v) is 9.85. The van der Waals surface area contributed by atoms with Crippen molar-refractivity contribution < 1.29 is 14.1 Å². The van der Waals surface area contributed by atoms with E-state index in [-0.39, 0.29) is 12.3 Å². The van der Waals surface area contributed by atoms with E-state index in [1.165, 1.54) is 6.07 Å². The number of amides is 1. The van der Waals surface area contributed by atoms with Gasteiger partial charge in [0.25, 0.3) is 5.69 Å². The topological polar surface area (TPSA) is 98.3 Å². The van der Waals surface area contributed by atoms with Gasteiger partial charge in [-0.05, 0) is 18.5 Å². The molecular formula is C11H14FN3O3. The second-order valence-electron chi connectivity index (χ2n) is 3.98. The third kappa shape index (κ3) is 3.49. The van der Waals surface area contributed by atoms with Gasteiger partial charge < -0.3 is 11.1 Å². The minimum absolute atomic E-state index is 0.0733. The highest BCUT2D eigenvalue weighted by atomic mass is 19.1. The van der Waals surface area contributed by atoms with Gasteiger partial charge >= 0.3 is 0 Å². The minimum Gasteiger partial charge on any atom is -0.330 e. The Morgan fingerprint density at radius 2 is 2.28 bits per heavy atom. The summed E-state index contributed by atoms with van der Waals surface area (Å²) in [7, 11) is 0. The van der Waals surface area contributed by atoms with E-state index in [0.717, 1.165) is 12.1 Å². The van der Waals surface area contributed by atoms with Crippen LogP contribution in [-0.2, 0) is 4.79 Å². The summed E-state index contributed by atoms with van der Waals surface area (Å²) in [5.74, 6) is -1.41. The molecule has 0 aliphatic rings. The number of carbonyl (C=O) groups excluding carboxylic acids is 1. The number of nitrogens with one attached hydrogen (secondary N) is 1. The Morgan fingerprint density at radius 3 is 2.83 bits per heavy atom. The van der Waals surface area contributed by atoms with Crippen LogP contribution in [0.3, 0.4) is 0 Å². The molecule has 1 amide bonds. The summed E-state index contributed by atoms with van der Waals surface area (Å²) in [6.45, 7) is 2.07. The zero-order valence-electron chi connectivity index (χ0n) is 9.85. The van der Waals surface area contributed by atoms with Crippen LogP contribution in [0, 0.1) is 21.8 Å². The van der Waals surface area contributed by atoms with Gasteiger partial charge in [0, 0.05) is 12.5 Å². The first kappa shape index (κ1) is 14.0. The number of carbonyl (C=O) groups is 1. The molecule has 0 aliphatic carbocycles. The predicted octanol–water partition coefficient (Wildman–Crippen LogP) is 1.66. The van der Waals surface area contributed by atoms with Crippen molar-refractivity contribution in [2.45, 2.75) is 13.3 Å². The number of hydrogen-bond acceptors (Lipinski definition) is 4. The highest BCUT2D eigenvalue weighted by Gasteiger charge is 2.20. The van der Waals surface area contributed by atoms with E-state index in [1.54, 1.807) is 6.92 Å². The second kappa shape index (κ2) is 6.06. The molecule has 0 saturated heterocycles. The fourth-order valence-electron chi connectivity index (χ4n) is 1.38. The fraction of sp³-hybridized carbons (Fsp3) is 0.364. The van der Waals surface area contributed by atoms with Gasteiger partial charge in [-0.1, -0.05) is 13.0 Å². The third-order valence-electron chi connectivity index (χ3n) is 2.39. The monoisotopic (exact) mass is 255 g/mol. The Kier molecular flexibility index (Phi) is 4.73. The molecule has 98 valence electrons. The van der Waals surface area contributed by atoms with Crippen molar-refractivity contribution in [1.29, 1.82) is 0 Å². The molecule has 3 N–H and O–H groups in total. The number of halogens is 1. The van der Waals surface area contributed by atoms with Crippen LogP contribution in [0.2, 0.25) is 0 Å². The number of nitrogens with two attached hydrogens (primary N) is 1. The van der Waals surface area contributed by atoms with Crippen molar-refractivity contribution in [3.8, 4) is 0 Å². The third-order valence-corrected chi connectivity index (χ3v) is 2.39. The average molecular weight is 255 g/mol. The summed E-state index contributed by atoms with van der Waals surface area (Å²) in [4.78, 5) is 21.5. The van der Waals surface area contributed by atoms with E-state index in [0.29, 0.717) is 6.54 Å². The molecule has 0 aromatic heterocycles. The van der Waals surface area contributed by atoms with Gasteiger partial charge in [0.05, 0.1) is 4.92 Å². The molecule has 1 atom stereocenters. The number of nitrogens with zero attached hydrogens (tertiary/aromatic N) is 1. The van der Waals surface area contributed by atoms with Gasteiger partial charge in [0.1, 0.15) is 0 Å². The molecule has 0 fully saturated rings. The second-order valence-corrected chi connectivity index (χ2v) is 3.98. The standard InChI is InChI=1S/C11H14FN3O3/c1-7(6-13)5-10(16)14-11-8(12)3-2-4-9(11)15(17)18/h2-4,7H,5-6,13H2,1H3,(H,14,16). The molecule has 6 nitrogen and oxygen atoms in total. The van der Waals surface area contributed by atoms with Crippen LogP contribution in [0.15, 0.2) is 18.2 Å². The quantitative estimate of drug-likeness (QED) is 0.617. The molecule has 0 aliphatic heterocycles. The lowest BCUT2D eigenvalue weighted by Gasteiger charge is -2.09. The Labute approximate surface area is 103 Å². The van der Waals surface area contributed by atoms with E-state index in [4.69, 9.17) is 5.73 Å². The molecule has 0 radical (unpaired) electrons. The normalized spacial score (nSPS) is 11.9. The van der Waals surface area contributed by atoms with Gasteiger partial charge in [0.15, 0.2) is 11.5 Å². The van der Waals surface area contributed by atoms with Crippen molar-refractivity contribution in [1.82, 2.24) is 0 Å². The van der Waals surface area contributed by atoms with Crippen LogP contribution >= 0.6 is 0 Å². The van der Waals surface area contributed by atoms with E-state index >= 15 is 0 Å².